The van der Waals surface area contributed by atoms with Gasteiger partial charge in [-0.2, -0.15) is 0 Å². The van der Waals surface area contributed by atoms with Gasteiger partial charge in [0, 0.05) is 6.42 Å². The molecule has 2 nitrogen and oxygen atoms in total. The summed E-state index contributed by atoms with van der Waals surface area (Å²) in [5.74, 6) is 0.393. The van der Waals surface area contributed by atoms with Crippen molar-refractivity contribution in [1.82, 2.24) is 0 Å². The van der Waals surface area contributed by atoms with Crippen LogP contribution in [0.4, 0.5) is 0 Å². The van der Waals surface area contributed by atoms with Gasteiger partial charge in [-0.3, -0.25) is 4.79 Å². The first-order chi connectivity index (χ1) is 8.63. The van der Waals surface area contributed by atoms with Crippen LogP contribution in [0.15, 0.2) is 24.3 Å². The zero-order valence-corrected chi connectivity index (χ0v) is 11.8. The molecule has 18 heavy (non-hydrogen) atoms. The third-order valence-corrected chi connectivity index (χ3v) is 2.73. The van der Waals surface area contributed by atoms with E-state index < -0.39 is 0 Å². The fourth-order valence-electron chi connectivity index (χ4n) is 1.71. The van der Waals surface area contributed by atoms with Crippen molar-refractivity contribution in [1.29, 1.82) is 0 Å². The predicted molar refractivity (Wildman–Crippen MR) is 76.6 cm³/mol. The Morgan fingerprint density at radius 1 is 0.833 bits per heavy atom. The molecule has 0 saturated heterocycles. The van der Waals surface area contributed by atoms with E-state index in [4.69, 9.17) is 0 Å². The van der Waals surface area contributed by atoms with Gasteiger partial charge >= 0.3 is 0 Å². The van der Waals surface area contributed by atoms with Gasteiger partial charge in [0.25, 0.3) is 0 Å². The van der Waals surface area contributed by atoms with Gasteiger partial charge in [-0.05, 0) is 39.2 Å². The minimum Gasteiger partial charge on any atom is -0.300 e. The standard InChI is InChI=1S/C16H26O2/c1-15(17)13-11-9-7-5-3-4-6-8-10-12-14-16(2)18/h7,9,11,13H,3-6,8,10,12,14H2,1-2H3. The molecule has 0 aromatic rings. The van der Waals surface area contributed by atoms with Gasteiger partial charge in [0.05, 0.1) is 0 Å². The zero-order valence-electron chi connectivity index (χ0n) is 11.8. The number of allylic oxidation sites excluding steroid dienone is 4. The first-order valence-electron chi connectivity index (χ1n) is 6.96. The van der Waals surface area contributed by atoms with Crippen LogP contribution in [0.1, 0.15) is 65.2 Å². The van der Waals surface area contributed by atoms with E-state index in [1.807, 2.05) is 6.08 Å². The Bertz CT molecular complexity index is 287. The molecule has 0 heterocycles. The van der Waals surface area contributed by atoms with Crippen molar-refractivity contribution in [2.24, 2.45) is 0 Å². The first-order valence-corrected chi connectivity index (χ1v) is 6.96. The van der Waals surface area contributed by atoms with Gasteiger partial charge in [0.2, 0.25) is 0 Å². The smallest absolute Gasteiger partial charge is 0.152 e. The lowest BCUT2D eigenvalue weighted by Crippen LogP contribution is -1.89. The van der Waals surface area contributed by atoms with Gasteiger partial charge in [-0.15, -0.1) is 0 Å². The van der Waals surface area contributed by atoms with Crippen LogP contribution < -0.4 is 0 Å². The highest BCUT2D eigenvalue weighted by molar-refractivity contribution is 5.87. The molecule has 0 spiro atoms. The molecule has 0 radical (unpaired) electrons. The van der Waals surface area contributed by atoms with E-state index in [1.54, 1.807) is 26.0 Å². The van der Waals surface area contributed by atoms with Gasteiger partial charge in [-0.1, -0.05) is 43.9 Å². The molecule has 0 unspecified atom stereocenters. The number of hydrogen-bond donors (Lipinski definition) is 0. The maximum atomic E-state index is 10.7. The maximum Gasteiger partial charge on any atom is 0.152 e. The van der Waals surface area contributed by atoms with Crippen molar-refractivity contribution >= 4 is 11.6 Å². The minimum absolute atomic E-state index is 0.0882. The summed E-state index contributed by atoms with van der Waals surface area (Å²) in [5.41, 5.74) is 0. The van der Waals surface area contributed by atoms with Crippen LogP contribution in [-0.2, 0) is 9.59 Å². The number of rotatable bonds is 11. The Kier molecular flexibility index (Phi) is 11.5. The molecule has 0 aromatic heterocycles. The zero-order chi connectivity index (χ0) is 13.6. The second-order valence-corrected chi connectivity index (χ2v) is 4.76. The van der Waals surface area contributed by atoms with Crippen LogP contribution in [0.25, 0.3) is 0 Å². The lowest BCUT2D eigenvalue weighted by molar-refractivity contribution is -0.117. The molecule has 0 fully saturated rings. The molecule has 0 saturated carbocycles. The van der Waals surface area contributed by atoms with E-state index in [2.05, 4.69) is 6.08 Å². The molecule has 0 N–H and O–H groups in total. The second-order valence-electron chi connectivity index (χ2n) is 4.76. The van der Waals surface area contributed by atoms with Crippen molar-refractivity contribution in [3.8, 4) is 0 Å². The second kappa shape index (κ2) is 12.3. The summed E-state index contributed by atoms with van der Waals surface area (Å²) in [5, 5.41) is 0. The monoisotopic (exact) mass is 250 g/mol. The third-order valence-electron chi connectivity index (χ3n) is 2.73. The van der Waals surface area contributed by atoms with Crippen LogP contribution in [0.5, 0.6) is 0 Å². The Balaban J connectivity index is 3.21. The van der Waals surface area contributed by atoms with Gasteiger partial charge in [0.15, 0.2) is 5.78 Å². The summed E-state index contributed by atoms with van der Waals surface area (Å²) < 4.78 is 0. The van der Waals surface area contributed by atoms with Crippen LogP contribution in [0.3, 0.4) is 0 Å². The van der Waals surface area contributed by atoms with E-state index in [-0.39, 0.29) is 5.78 Å². The Morgan fingerprint density at radius 3 is 2.06 bits per heavy atom. The Morgan fingerprint density at radius 2 is 1.44 bits per heavy atom. The van der Waals surface area contributed by atoms with Crippen LogP contribution in [0, 0.1) is 0 Å². The Labute approximate surface area is 111 Å². The summed E-state index contributed by atoms with van der Waals surface area (Å²) >= 11 is 0. The van der Waals surface area contributed by atoms with Crippen molar-refractivity contribution < 1.29 is 9.59 Å². The van der Waals surface area contributed by atoms with Crippen LogP contribution in [0.2, 0.25) is 0 Å². The molecule has 0 aliphatic heterocycles. The fraction of sp³-hybridized carbons (Fsp3) is 0.625. The molecule has 0 atom stereocenters. The fourth-order valence-corrected chi connectivity index (χ4v) is 1.71. The minimum atomic E-state index is 0.0882. The topological polar surface area (TPSA) is 34.1 Å². The molecule has 0 bridgehead atoms. The number of Topliss-reactive ketones (excluding diaryl/α,β-unsaturated/α-hetero) is 1. The summed E-state index contributed by atoms with van der Waals surface area (Å²) in [7, 11) is 0. The van der Waals surface area contributed by atoms with Crippen LogP contribution >= 0.6 is 0 Å². The number of hydrogen-bond acceptors (Lipinski definition) is 2. The molecular formula is C16H26O2. The third kappa shape index (κ3) is 14.8. The summed E-state index contributed by atoms with van der Waals surface area (Å²) in [6.07, 6.45) is 16.4. The van der Waals surface area contributed by atoms with Gasteiger partial charge in [0.1, 0.15) is 5.78 Å². The summed E-state index contributed by atoms with van der Waals surface area (Å²) in [4.78, 5) is 21.3. The average molecular weight is 250 g/mol. The molecule has 0 rings (SSSR count). The SMILES string of the molecule is CC(=O)C=CC=CCCCCCCCCC(C)=O. The number of unbranched alkanes of at least 4 members (excludes halogenated alkanes) is 6. The highest BCUT2D eigenvalue weighted by atomic mass is 16.1. The molecule has 0 amide bonds. The van der Waals surface area contributed by atoms with Crippen molar-refractivity contribution in [3.05, 3.63) is 24.3 Å². The summed E-state index contributed by atoms with van der Waals surface area (Å²) in [6.45, 7) is 3.21. The number of carbonyl (C=O) groups excluding carboxylic acids is 2. The number of ketones is 2. The predicted octanol–water partition coefficient (Wildman–Crippen LogP) is 4.40. The molecule has 102 valence electrons. The molecular weight excluding hydrogens is 224 g/mol. The molecule has 2 heteroatoms. The van der Waals surface area contributed by atoms with E-state index in [1.165, 1.54) is 32.1 Å². The van der Waals surface area contributed by atoms with E-state index in [0.717, 1.165) is 19.3 Å². The van der Waals surface area contributed by atoms with Crippen molar-refractivity contribution in [2.45, 2.75) is 65.2 Å². The van der Waals surface area contributed by atoms with E-state index in [9.17, 15) is 9.59 Å². The lowest BCUT2D eigenvalue weighted by Gasteiger charge is -1.99. The largest absolute Gasteiger partial charge is 0.300 e. The van der Waals surface area contributed by atoms with Crippen LogP contribution in [-0.4, -0.2) is 11.6 Å². The highest BCUT2D eigenvalue weighted by Crippen LogP contribution is 2.09. The van der Waals surface area contributed by atoms with Gasteiger partial charge in [-0.25, -0.2) is 0 Å². The van der Waals surface area contributed by atoms with Crippen molar-refractivity contribution in [2.75, 3.05) is 0 Å². The number of carbonyl (C=O) groups is 2. The van der Waals surface area contributed by atoms with Gasteiger partial charge < -0.3 is 4.79 Å². The molecule has 0 aliphatic rings. The van der Waals surface area contributed by atoms with E-state index in [0.29, 0.717) is 5.78 Å². The quantitative estimate of drug-likeness (QED) is 0.309. The normalized spacial score (nSPS) is 11.4. The van der Waals surface area contributed by atoms with Crippen molar-refractivity contribution in [3.63, 3.8) is 0 Å². The maximum absolute atomic E-state index is 10.7. The average Bonchev–Trinajstić information content (AvgIpc) is 2.29. The highest BCUT2D eigenvalue weighted by Gasteiger charge is 1.93. The molecule has 0 aromatic carbocycles. The van der Waals surface area contributed by atoms with E-state index >= 15 is 0 Å². The molecule has 0 aliphatic carbocycles. The summed E-state index contributed by atoms with van der Waals surface area (Å²) in [6, 6.07) is 0. The lowest BCUT2D eigenvalue weighted by atomic mass is 10.1. The Hall–Kier alpha value is -1.18. The first kappa shape index (κ1) is 16.8.